The number of halogens is 1. The van der Waals surface area contributed by atoms with Crippen LogP contribution < -0.4 is 10.1 Å². The van der Waals surface area contributed by atoms with Crippen molar-refractivity contribution in [1.82, 2.24) is 14.8 Å². The first-order valence-electron chi connectivity index (χ1n) is 9.72. The van der Waals surface area contributed by atoms with Crippen LogP contribution >= 0.6 is 22.9 Å². The van der Waals surface area contributed by atoms with Crippen molar-refractivity contribution in [2.24, 2.45) is 0 Å². The molecule has 1 aliphatic heterocycles. The average molecular weight is 439 g/mol. The number of thiazole rings is 1. The molecule has 5 rings (SSSR count). The second-order valence-electron chi connectivity index (χ2n) is 7.17. The van der Waals surface area contributed by atoms with Crippen LogP contribution in [0.4, 0.5) is 5.82 Å². The van der Waals surface area contributed by atoms with Crippen LogP contribution in [0.2, 0.25) is 5.02 Å². The van der Waals surface area contributed by atoms with Crippen molar-refractivity contribution in [3.63, 3.8) is 0 Å². The number of nitrogens with zero attached hydrogens (tertiary/aromatic N) is 3. The third-order valence-corrected chi connectivity index (χ3v) is 6.46. The van der Waals surface area contributed by atoms with Crippen LogP contribution in [0.1, 0.15) is 36.1 Å². The molecule has 30 heavy (non-hydrogen) atoms. The molecule has 0 saturated carbocycles. The molecule has 1 unspecified atom stereocenters. The largest absolute Gasteiger partial charge is 0.494 e. The van der Waals surface area contributed by atoms with Gasteiger partial charge in [-0.05, 0) is 49.7 Å². The Morgan fingerprint density at radius 2 is 2.07 bits per heavy atom. The lowest BCUT2D eigenvalue weighted by molar-refractivity contribution is -0.116. The summed E-state index contributed by atoms with van der Waals surface area (Å²) >= 11 is 7.57. The van der Waals surface area contributed by atoms with Gasteiger partial charge in [0.25, 0.3) is 0 Å². The number of aryl methyl sites for hydroxylation is 1. The molecule has 0 saturated heterocycles. The second-order valence-corrected chi connectivity index (χ2v) is 8.62. The number of ether oxygens (including phenoxy) is 1. The van der Waals surface area contributed by atoms with Gasteiger partial charge >= 0.3 is 0 Å². The summed E-state index contributed by atoms with van der Waals surface area (Å²) in [6.45, 7) is 4.54. The third kappa shape index (κ3) is 3.24. The summed E-state index contributed by atoms with van der Waals surface area (Å²) in [5.74, 6) is 1.39. The predicted molar refractivity (Wildman–Crippen MR) is 119 cm³/mol. The summed E-state index contributed by atoms with van der Waals surface area (Å²) in [5.41, 5.74) is 3.81. The molecular formula is C22H19ClN4O2S. The van der Waals surface area contributed by atoms with Crippen LogP contribution in [0, 0.1) is 6.92 Å². The zero-order chi connectivity index (χ0) is 20.8. The highest BCUT2D eigenvalue weighted by atomic mass is 35.5. The average Bonchev–Trinajstić information content (AvgIpc) is 3.29. The van der Waals surface area contributed by atoms with Gasteiger partial charge in [0.2, 0.25) is 11.0 Å². The summed E-state index contributed by atoms with van der Waals surface area (Å²) < 4.78 is 8.35. The Morgan fingerprint density at radius 1 is 1.27 bits per heavy atom. The summed E-state index contributed by atoms with van der Waals surface area (Å²) in [5, 5.41) is 9.13. The van der Waals surface area contributed by atoms with E-state index in [0.29, 0.717) is 29.0 Å². The molecule has 0 radical (unpaired) electrons. The minimum absolute atomic E-state index is 0.0386. The molecule has 0 aliphatic carbocycles. The van der Waals surface area contributed by atoms with Crippen molar-refractivity contribution < 1.29 is 9.53 Å². The van der Waals surface area contributed by atoms with Gasteiger partial charge in [-0.3, -0.25) is 4.79 Å². The Balaban J connectivity index is 1.61. The van der Waals surface area contributed by atoms with E-state index < -0.39 is 0 Å². The normalized spacial score (nSPS) is 15.8. The lowest BCUT2D eigenvalue weighted by atomic mass is 9.86. The molecule has 1 amide bonds. The number of carbonyl (C=O) groups excluding carboxylic acids is 1. The molecule has 6 nitrogen and oxygen atoms in total. The molecule has 8 heteroatoms. The molecule has 0 spiro atoms. The predicted octanol–water partition coefficient (Wildman–Crippen LogP) is 5.32. The number of hydrogen-bond donors (Lipinski definition) is 1. The molecular weight excluding hydrogens is 420 g/mol. The molecule has 4 aromatic rings. The maximum Gasteiger partial charge on any atom is 0.226 e. The summed E-state index contributed by atoms with van der Waals surface area (Å²) in [7, 11) is 0. The highest BCUT2D eigenvalue weighted by Crippen LogP contribution is 2.41. The van der Waals surface area contributed by atoms with E-state index in [1.165, 1.54) is 11.3 Å². The molecule has 1 N–H and O–H groups in total. The van der Waals surface area contributed by atoms with E-state index in [1.54, 1.807) is 4.68 Å². The Kier molecular flexibility index (Phi) is 4.72. The molecule has 2 aromatic heterocycles. The Hall–Kier alpha value is -2.90. The molecule has 0 fully saturated rings. The van der Waals surface area contributed by atoms with Gasteiger partial charge in [0.15, 0.2) is 0 Å². The van der Waals surface area contributed by atoms with Crippen molar-refractivity contribution in [3.05, 3.63) is 64.3 Å². The van der Waals surface area contributed by atoms with Crippen LogP contribution in [-0.2, 0) is 4.79 Å². The SMILES string of the molecule is CCOc1ccc2nc(-n3nc(C)c4c3NC(=O)CC4c3ccc(Cl)cc3)sc2c1. The van der Waals surface area contributed by atoms with E-state index in [9.17, 15) is 4.79 Å². The van der Waals surface area contributed by atoms with E-state index >= 15 is 0 Å². The third-order valence-electron chi connectivity index (χ3n) is 5.22. The van der Waals surface area contributed by atoms with Crippen LogP contribution in [0.15, 0.2) is 42.5 Å². The lowest BCUT2D eigenvalue weighted by Gasteiger charge is -2.24. The van der Waals surface area contributed by atoms with E-state index in [2.05, 4.69) is 5.32 Å². The van der Waals surface area contributed by atoms with Gasteiger partial charge < -0.3 is 10.1 Å². The van der Waals surface area contributed by atoms with E-state index in [0.717, 1.165) is 32.8 Å². The number of hydrogen-bond acceptors (Lipinski definition) is 5. The fourth-order valence-electron chi connectivity index (χ4n) is 3.91. The first-order chi connectivity index (χ1) is 14.5. The fourth-order valence-corrected chi connectivity index (χ4v) is 4.98. The Bertz CT molecular complexity index is 1260. The Labute approximate surface area is 182 Å². The standard InChI is InChI=1S/C22H19ClN4O2S/c1-3-29-15-8-9-17-18(10-15)30-22(24-17)27-21-20(12(2)26-27)16(11-19(28)25-21)13-4-6-14(23)7-5-13/h4-10,16H,3,11H2,1-2H3,(H,25,28). The van der Waals surface area contributed by atoms with Crippen LogP contribution in [-0.4, -0.2) is 27.3 Å². The maximum absolute atomic E-state index is 12.5. The molecule has 0 bridgehead atoms. The minimum Gasteiger partial charge on any atom is -0.494 e. The Morgan fingerprint density at radius 3 is 2.83 bits per heavy atom. The molecule has 3 heterocycles. The van der Waals surface area contributed by atoms with Crippen LogP contribution in [0.3, 0.4) is 0 Å². The van der Waals surface area contributed by atoms with E-state index in [4.69, 9.17) is 26.4 Å². The zero-order valence-corrected chi connectivity index (χ0v) is 18.0. The number of carbonyl (C=O) groups is 1. The number of rotatable bonds is 4. The van der Waals surface area contributed by atoms with Crippen molar-refractivity contribution in [3.8, 4) is 10.9 Å². The number of aromatic nitrogens is 3. The van der Waals surface area contributed by atoms with Crippen LogP contribution in [0.25, 0.3) is 15.3 Å². The maximum atomic E-state index is 12.5. The van der Waals surface area contributed by atoms with Crippen molar-refractivity contribution in [2.45, 2.75) is 26.2 Å². The minimum atomic E-state index is -0.0706. The van der Waals surface area contributed by atoms with Gasteiger partial charge in [0, 0.05) is 22.9 Å². The van der Waals surface area contributed by atoms with E-state index in [-0.39, 0.29) is 11.8 Å². The van der Waals surface area contributed by atoms with Gasteiger partial charge in [0.05, 0.1) is 22.5 Å². The number of nitrogens with one attached hydrogen (secondary N) is 1. The van der Waals surface area contributed by atoms with Crippen molar-refractivity contribution in [1.29, 1.82) is 0 Å². The zero-order valence-electron chi connectivity index (χ0n) is 16.5. The fraction of sp³-hybridized carbons (Fsp3) is 0.227. The van der Waals surface area contributed by atoms with Crippen LogP contribution in [0.5, 0.6) is 5.75 Å². The van der Waals surface area contributed by atoms with Crippen molar-refractivity contribution >= 4 is 44.9 Å². The topological polar surface area (TPSA) is 69.0 Å². The van der Waals surface area contributed by atoms with Gasteiger partial charge in [-0.25, -0.2) is 4.98 Å². The van der Waals surface area contributed by atoms with Crippen molar-refractivity contribution in [2.75, 3.05) is 11.9 Å². The van der Waals surface area contributed by atoms with Gasteiger partial charge in [-0.15, -0.1) is 0 Å². The lowest BCUT2D eigenvalue weighted by Crippen LogP contribution is -2.24. The number of anilines is 1. The molecule has 1 aliphatic rings. The number of benzene rings is 2. The first kappa shape index (κ1) is 19.1. The molecule has 1 atom stereocenters. The summed E-state index contributed by atoms with van der Waals surface area (Å²) in [6.07, 6.45) is 0.374. The highest BCUT2D eigenvalue weighted by molar-refractivity contribution is 7.20. The second kappa shape index (κ2) is 7.41. The van der Waals surface area contributed by atoms with Gasteiger partial charge in [-0.2, -0.15) is 9.78 Å². The quantitative estimate of drug-likeness (QED) is 0.468. The smallest absolute Gasteiger partial charge is 0.226 e. The summed E-state index contributed by atoms with van der Waals surface area (Å²) in [4.78, 5) is 17.3. The molecule has 2 aromatic carbocycles. The first-order valence-corrected chi connectivity index (χ1v) is 10.9. The monoisotopic (exact) mass is 438 g/mol. The van der Waals surface area contributed by atoms with E-state index in [1.807, 2.05) is 56.3 Å². The highest BCUT2D eigenvalue weighted by Gasteiger charge is 2.33. The molecule has 152 valence electrons. The summed E-state index contributed by atoms with van der Waals surface area (Å²) in [6, 6.07) is 13.5. The number of fused-ring (bicyclic) bond motifs is 2. The number of amides is 1. The van der Waals surface area contributed by atoms with Gasteiger partial charge in [-0.1, -0.05) is 35.1 Å². The van der Waals surface area contributed by atoms with Gasteiger partial charge in [0.1, 0.15) is 11.6 Å².